The lowest BCUT2D eigenvalue weighted by molar-refractivity contribution is -0.118. The van der Waals surface area contributed by atoms with Crippen LogP contribution in [0.2, 0.25) is 5.02 Å². The Kier molecular flexibility index (Phi) is 6.20. The molecule has 0 radical (unpaired) electrons. The standard InChI is InChI=1S/C18H13BrClN3O3S/c19-11-1-6-14(10(7-11)8-15-17(25)23-18(21)27-15)26-9-16(24)22-13-4-2-12(20)3-5-13/h1-8H,9H2,(H,22,24)(H2,21,23,25)/b15-8-. The highest BCUT2D eigenvalue weighted by molar-refractivity contribution is 9.10. The summed E-state index contributed by atoms with van der Waals surface area (Å²) in [4.78, 5) is 28.0. The molecule has 1 heterocycles. The number of amidine groups is 1. The van der Waals surface area contributed by atoms with Crippen molar-refractivity contribution >= 4 is 68.0 Å². The number of benzene rings is 2. The monoisotopic (exact) mass is 465 g/mol. The SMILES string of the molecule is NC1=NC(=O)/C(=C/c2cc(Br)ccc2OCC(=O)Nc2ccc(Cl)cc2)S1. The smallest absolute Gasteiger partial charge is 0.286 e. The number of ether oxygens (including phenoxy) is 1. The predicted molar refractivity (Wildman–Crippen MR) is 112 cm³/mol. The van der Waals surface area contributed by atoms with Gasteiger partial charge in [0.05, 0.1) is 4.91 Å². The van der Waals surface area contributed by atoms with E-state index in [1.807, 2.05) is 0 Å². The molecule has 138 valence electrons. The number of carbonyl (C=O) groups excluding carboxylic acids is 2. The van der Waals surface area contributed by atoms with Gasteiger partial charge in [-0.25, -0.2) is 0 Å². The van der Waals surface area contributed by atoms with E-state index in [0.29, 0.717) is 26.9 Å². The summed E-state index contributed by atoms with van der Waals surface area (Å²) in [5, 5.41) is 3.50. The van der Waals surface area contributed by atoms with Crippen LogP contribution in [0.25, 0.3) is 6.08 Å². The van der Waals surface area contributed by atoms with Gasteiger partial charge in [0.15, 0.2) is 11.8 Å². The average molecular weight is 467 g/mol. The third kappa shape index (κ3) is 5.35. The molecule has 0 saturated heterocycles. The van der Waals surface area contributed by atoms with E-state index in [1.165, 1.54) is 0 Å². The van der Waals surface area contributed by atoms with E-state index < -0.39 is 5.91 Å². The number of amides is 2. The molecule has 0 atom stereocenters. The van der Waals surface area contributed by atoms with E-state index in [-0.39, 0.29) is 17.7 Å². The number of anilines is 1. The topological polar surface area (TPSA) is 93.8 Å². The van der Waals surface area contributed by atoms with Crippen molar-refractivity contribution in [1.82, 2.24) is 0 Å². The second kappa shape index (κ2) is 8.60. The van der Waals surface area contributed by atoms with E-state index in [2.05, 4.69) is 26.2 Å². The molecule has 27 heavy (non-hydrogen) atoms. The van der Waals surface area contributed by atoms with Crippen LogP contribution in [0.4, 0.5) is 5.69 Å². The lowest BCUT2D eigenvalue weighted by Gasteiger charge is -2.11. The minimum Gasteiger partial charge on any atom is -0.483 e. The van der Waals surface area contributed by atoms with Crippen LogP contribution in [0, 0.1) is 0 Å². The van der Waals surface area contributed by atoms with Gasteiger partial charge in [0.25, 0.3) is 11.8 Å². The summed E-state index contributed by atoms with van der Waals surface area (Å²) in [6, 6.07) is 12.0. The summed E-state index contributed by atoms with van der Waals surface area (Å²) >= 11 is 10.3. The highest BCUT2D eigenvalue weighted by Gasteiger charge is 2.20. The molecule has 6 nitrogen and oxygen atoms in total. The lowest BCUT2D eigenvalue weighted by Crippen LogP contribution is -2.20. The Bertz CT molecular complexity index is 961. The molecule has 1 aliphatic heterocycles. The number of hydrogen-bond donors (Lipinski definition) is 2. The molecule has 2 amide bonds. The number of thioether (sulfide) groups is 1. The molecule has 0 aromatic heterocycles. The van der Waals surface area contributed by atoms with E-state index >= 15 is 0 Å². The summed E-state index contributed by atoms with van der Waals surface area (Å²) in [6.07, 6.45) is 1.63. The Balaban J connectivity index is 1.70. The molecule has 0 spiro atoms. The first-order valence-electron chi connectivity index (χ1n) is 7.66. The first-order chi connectivity index (χ1) is 12.9. The quantitative estimate of drug-likeness (QED) is 0.648. The Morgan fingerprint density at radius 2 is 2.04 bits per heavy atom. The molecule has 0 bridgehead atoms. The van der Waals surface area contributed by atoms with E-state index in [9.17, 15) is 9.59 Å². The summed E-state index contributed by atoms with van der Waals surface area (Å²) in [5.74, 6) is -0.266. The summed E-state index contributed by atoms with van der Waals surface area (Å²) in [7, 11) is 0. The molecule has 3 N–H and O–H groups in total. The molecular weight excluding hydrogens is 454 g/mol. The van der Waals surface area contributed by atoms with Crippen LogP contribution in [0.3, 0.4) is 0 Å². The maximum atomic E-state index is 12.1. The Morgan fingerprint density at radius 1 is 1.30 bits per heavy atom. The van der Waals surface area contributed by atoms with Gasteiger partial charge >= 0.3 is 0 Å². The molecule has 3 rings (SSSR count). The van der Waals surface area contributed by atoms with Crippen LogP contribution in [-0.2, 0) is 9.59 Å². The Morgan fingerprint density at radius 3 is 2.70 bits per heavy atom. The number of rotatable bonds is 5. The Hall–Kier alpha value is -2.29. The molecule has 2 aromatic rings. The van der Waals surface area contributed by atoms with Gasteiger partial charge in [0.2, 0.25) is 0 Å². The largest absolute Gasteiger partial charge is 0.483 e. The first-order valence-corrected chi connectivity index (χ1v) is 9.65. The fourth-order valence-electron chi connectivity index (χ4n) is 2.20. The minimum absolute atomic E-state index is 0.194. The van der Waals surface area contributed by atoms with Gasteiger partial charge in [-0.1, -0.05) is 27.5 Å². The van der Waals surface area contributed by atoms with Crippen molar-refractivity contribution in [3.63, 3.8) is 0 Å². The van der Waals surface area contributed by atoms with Crippen molar-refractivity contribution in [2.24, 2.45) is 10.7 Å². The predicted octanol–water partition coefficient (Wildman–Crippen LogP) is 4.05. The summed E-state index contributed by atoms with van der Waals surface area (Å²) < 4.78 is 6.43. The maximum Gasteiger partial charge on any atom is 0.286 e. The Labute approximate surface area is 172 Å². The lowest BCUT2D eigenvalue weighted by atomic mass is 10.2. The third-order valence-corrected chi connectivity index (χ3v) is 4.94. The van der Waals surface area contributed by atoms with Crippen molar-refractivity contribution in [3.05, 3.63) is 62.4 Å². The second-order valence-corrected chi connectivity index (χ2v) is 7.81. The summed E-state index contributed by atoms with van der Waals surface area (Å²) in [6.45, 7) is -0.194. The zero-order valence-corrected chi connectivity index (χ0v) is 16.9. The van der Waals surface area contributed by atoms with Gasteiger partial charge in [-0.05, 0) is 60.3 Å². The van der Waals surface area contributed by atoms with Crippen molar-refractivity contribution < 1.29 is 14.3 Å². The van der Waals surface area contributed by atoms with Crippen molar-refractivity contribution in [1.29, 1.82) is 0 Å². The van der Waals surface area contributed by atoms with E-state index in [1.54, 1.807) is 48.5 Å². The zero-order valence-electron chi connectivity index (χ0n) is 13.7. The number of halogens is 2. The first kappa shape index (κ1) is 19.5. The molecule has 1 aliphatic rings. The van der Waals surface area contributed by atoms with Gasteiger partial charge in [-0.3, -0.25) is 9.59 Å². The van der Waals surface area contributed by atoms with Crippen LogP contribution >= 0.6 is 39.3 Å². The highest BCUT2D eigenvalue weighted by Crippen LogP contribution is 2.31. The highest BCUT2D eigenvalue weighted by atomic mass is 79.9. The van der Waals surface area contributed by atoms with E-state index in [0.717, 1.165) is 16.2 Å². The fraction of sp³-hybridized carbons (Fsp3) is 0.0556. The van der Waals surface area contributed by atoms with Crippen molar-refractivity contribution in [2.75, 3.05) is 11.9 Å². The van der Waals surface area contributed by atoms with Crippen LogP contribution < -0.4 is 15.8 Å². The number of hydrogen-bond acceptors (Lipinski definition) is 5. The van der Waals surface area contributed by atoms with Gasteiger partial charge < -0.3 is 15.8 Å². The number of nitrogens with two attached hydrogens (primary N) is 1. The normalized spacial score (nSPS) is 15.0. The number of carbonyl (C=O) groups is 2. The molecule has 0 saturated carbocycles. The van der Waals surface area contributed by atoms with E-state index in [4.69, 9.17) is 22.1 Å². The summed E-state index contributed by atoms with van der Waals surface area (Å²) in [5.41, 5.74) is 6.81. The van der Waals surface area contributed by atoms with Crippen molar-refractivity contribution in [2.45, 2.75) is 0 Å². The molecular formula is C18H13BrClN3O3S. The molecule has 0 aliphatic carbocycles. The van der Waals surface area contributed by atoms with Crippen LogP contribution in [-0.4, -0.2) is 23.6 Å². The van der Waals surface area contributed by atoms with Gasteiger partial charge in [-0.15, -0.1) is 0 Å². The zero-order chi connectivity index (χ0) is 19.4. The van der Waals surface area contributed by atoms with Crippen LogP contribution in [0.1, 0.15) is 5.56 Å². The average Bonchev–Trinajstić information content (AvgIpc) is 2.93. The maximum absolute atomic E-state index is 12.1. The molecule has 0 unspecified atom stereocenters. The van der Waals surface area contributed by atoms with Gasteiger partial charge in [-0.2, -0.15) is 4.99 Å². The second-order valence-electron chi connectivity index (χ2n) is 5.39. The molecule has 9 heteroatoms. The number of aliphatic imine (C=N–C) groups is 1. The van der Waals surface area contributed by atoms with Crippen LogP contribution in [0.15, 0.2) is 56.8 Å². The minimum atomic E-state index is -0.399. The van der Waals surface area contributed by atoms with Crippen LogP contribution in [0.5, 0.6) is 5.75 Å². The molecule has 0 fully saturated rings. The molecule has 2 aromatic carbocycles. The fourth-order valence-corrected chi connectivity index (χ4v) is 3.38. The number of nitrogens with one attached hydrogen (secondary N) is 1. The number of nitrogens with zero attached hydrogens (tertiary/aromatic N) is 1. The van der Waals surface area contributed by atoms with Crippen molar-refractivity contribution in [3.8, 4) is 5.75 Å². The van der Waals surface area contributed by atoms with Gasteiger partial charge in [0.1, 0.15) is 5.75 Å². The van der Waals surface area contributed by atoms with Gasteiger partial charge in [0, 0.05) is 20.7 Å². The third-order valence-electron chi connectivity index (χ3n) is 3.38.